The first kappa shape index (κ1) is 19.8. The molecule has 2 heterocycles. The highest BCUT2D eigenvalue weighted by molar-refractivity contribution is 6.00. The van der Waals surface area contributed by atoms with Gasteiger partial charge in [0.25, 0.3) is 11.8 Å². The number of aromatic amines is 1. The van der Waals surface area contributed by atoms with Crippen LogP contribution in [-0.2, 0) is 0 Å². The van der Waals surface area contributed by atoms with Crippen LogP contribution in [0.1, 0.15) is 27.1 Å². The molecule has 1 N–H and O–H groups in total. The molecule has 2 aromatic carbocycles. The summed E-state index contributed by atoms with van der Waals surface area (Å²) in [6.07, 6.45) is 2.03. The Kier molecular flexibility index (Phi) is 5.56. The van der Waals surface area contributed by atoms with Crippen molar-refractivity contribution in [3.8, 4) is 11.3 Å². The van der Waals surface area contributed by atoms with Crippen molar-refractivity contribution in [2.75, 3.05) is 26.2 Å². The fourth-order valence-electron chi connectivity index (χ4n) is 3.58. The average Bonchev–Trinajstić information content (AvgIpc) is 3.11. The van der Waals surface area contributed by atoms with Gasteiger partial charge in [-0.2, -0.15) is 5.10 Å². The number of aromatic nitrogens is 2. The van der Waals surface area contributed by atoms with Gasteiger partial charge in [0.15, 0.2) is 0 Å². The number of amides is 2. The maximum atomic E-state index is 14.0. The van der Waals surface area contributed by atoms with Crippen molar-refractivity contribution in [1.29, 1.82) is 0 Å². The van der Waals surface area contributed by atoms with Gasteiger partial charge in [-0.25, -0.2) is 8.78 Å². The lowest BCUT2D eigenvalue weighted by Crippen LogP contribution is -2.37. The van der Waals surface area contributed by atoms with Gasteiger partial charge in [0.2, 0.25) is 0 Å². The second-order valence-electron chi connectivity index (χ2n) is 7.08. The van der Waals surface area contributed by atoms with E-state index in [1.165, 1.54) is 30.5 Å². The Hall–Kier alpha value is -3.55. The molecule has 1 fully saturated rings. The Morgan fingerprint density at radius 3 is 2.13 bits per heavy atom. The molecule has 0 unspecified atom stereocenters. The number of rotatable bonds is 3. The highest BCUT2D eigenvalue weighted by Gasteiger charge is 2.26. The maximum absolute atomic E-state index is 14.0. The summed E-state index contributed by atoms with van der Waals surface area (Å²) in [5.74, 6) is -1.51. The number of halogens is 2. The van der Waals surface area contributed by atoms with Crippen molar-refractivity contribution < 1.29 is 18.4 Å². The number of nitrogens with one attached hydrogen (secondary N) is 1. The molecular weight excluding hydrogens is 390 g/mol. The van der Waals surface area contributed by atoms with Gasteiger partial charge < -0.3 is 9.80 Å². The lowest BCUT2D eigenvalue weighted by atomic mass is 10.1. The first-order valence-electron chi connectivity index (χ1n) is 9.67. The van der Waals surface area contributed by atoms with Crippen molar-refractivity contribution in [2.45, 2.75) is 6.42 Å². The van der Waals surface area contributed by atoms with Crippen LogP contribution in [0.25, 0.3) is 11.3 Å². The molecule has 0 bridgehead atoms. The summed E-state index contributed by atoms with van der Waals surface area (Å²) in [6.45, 7) is 1.54. The fraction of sp³-hybridized carbons (Fsp3) is 0.227. The predicted octanol–water partition coefficient (Wildman–Crippen LogP) is 3.34. The molecule has 0 radical (unpaired) electrons. The number of carbonyl (C=O) groups is 2. The van der Waals surface area contributed by atoms with E-state index >= 15 is 0 Å². The topological polar surface area (TPSA) is 69.3 Å². The summed E-state index contributed by atoms with van der Waals surface area (Å²) in [6, 6.07) is 11.7. The number of hydrogen-bond acceptors (Lipinski definition) is 3. The van der Waals surface area contributed by atoms with Gasteiger partial charge in [-0.3, -0.25) is 14.7 Å². The van der Waals surface area contributed by atoms with E-state index in [9.17, 15) is 18.4 Å². The zero-order valence-electron chi connectivity index (χ0n) is 16.1. The zero-order valence-corrected chi connectivity index (χ0v) is 16.1. The Labute approximate surface area is 172 Å². The molecule has 1 aromatic heterocycles. The van der Waals surface area contributed by atoms with Gasteiger partial charge in [0, 0.05) is 31.7 Å². The third-order valence-corrected chi connectivity index (χ3v) is 5.18. The summed E-state index contributed by atoms with van der Waals surface area (Å²) < 4.78 is 27.2. The molecule has 30 heavy (non-hydrogen) atoms. The van der Waals surface area contributed by atoms with Gasteiger partial charge >= 0.3 is 0 Å². The lowest BCUT2D eigenvalue weighted by molar-refractivity contribution is 0.0716. The molecule has 1 saturated heterocycles. The molecule has 8 heteroatoms. The van der Waals surface area contributed by atoms with Crippen molar-refractivity contribution in [1.82, 2.24) is 20.0 Å². The Balaban J connectivity index is 1.48. The molecule has 6 nitrogen and oxygen atoms in total. The van der Waals surface area contributed by atoms with E-state index in [1.807, 2.05) is 0 Å². The fourth-order valence-corrected chi connectivity index (χ4v) is 3.58. The molecule has 0 spiro atoms. The number of carbonyl (C=O) groups excluding carboxylic acids is 2. The van der Waals surface area contributed by atoms with E-state index in [1.54, 1.807) is 34.1 Å². The molecule has 1 aliphatic heterocycles. The van der Waals surface area contributed by atoms with Crippen LogP contribution in [0, 0.1) is 11.6 Å². The molecule has 0 atom stereocenters. The molecule has 0 aliphatic carbocycles. The van der Waals surface area contributed by atoms with E-state index in [-0.39, 0.29) is 23.2 Å². The van der Waals surface area contributed by atoms with Gasteiger partial charge in [-0.15, -0.1) is 0 Å². The molecule has 2 amide bonds. The van der Waals surface area contributed by atoms with Gasteiger partial charge in [-0.05, 0) is 42.8 Å². The Morgan fingerprint density at radius 1 is 0.833 bits per heavy atom. The highest BCUT2D eigenvalue weighted by atomic mass is 19.1. The van der Waals surface area contributed by atoms with E-state index in [2.05, 4.69) is 10.2 Å². The monoisotopic (exact) mass is 410 g/mol. The van der Waals surface area contributed by atoms with Crippen LogP contribution in [-0.4, -0.2) is 58.0 Å². The molecule has 3 aromatic rings. The number of H-pyrrole nitrogens is 1. The normalized spacial score (nSPS) is 14.5. The van der Waals surface area contributed by atoms with Gasteiger partial charge in [0.05, 0.1) is 23.0 Å². The zero-order chi connectivity index (χ0) is 21.1. The summed E-state index contributed by atoms with van der Waals surface area (Å²) in [7, 11) is 0. The van der Waals surface area contributed by atoms with Crippen LogP contribution < -0.4 is 0 Å². The quantitative estimate of drug-likeness (QED) is 0.720. The van der Waals surface area contributed by atoms with E-state index in [0.29, 0.717) is 49.4 Å². The van der Waals surface area contributed by atoms with Crippen molar-refractivity contribution >= 4 is 11.8 Å². The Bertz CT molecular complexity index is 1070. The number of nitrogens with zero attached hydrogens (tertiary/aromatic N) is 3. The summed E-state index contributed by atoms with van der Waals surface area (Å²) in [4.78, 5) is 29.0. The first-order valence-corrected chi connectivity index (χ1v) is 9.67. The minimum atomic E-state index is -0.554. The van der Waals surface area contributed by atoms with Crippen molar-refractivity contribution in [3.05, 3.63) is 77.5 Å². The van der Waals surface area contributed by atoms with Crippen LogP contribution in [0.4, 0.5) is 8.78 Å². The minimum Gasteiger partial charge on any atom is -0.337 e. The first-order chi connectivity index (χ1) is 14.5. The van der Waals surface area contributed by atoms with E-state index in [4.69, 9.17) is 0 Å². The summed E-state index contributed by atoms with van der Waals surface area (Å²) in [5, 5.41) is 6.79. The molecule has 1 aliphatic rings. The van der Waals surface area contributed by atoms with Crippen LogP contribution in [0.2, 0.25) is 0 Å². The number of benzene rings is 2. The second kappa shape index (κ2) is 8.44. The summed E-state index contributed by atoms with van der Waals surface area (Å²) in [5.41, 5.74) is 1.59. The predicted molar refractivity (Wildman–Crippen MR) is 107 cm³/mol. The maximum Gasteiger partial charge on any atom is 0.257 e. The summed E-state index contributed by atoms with van der Waals surface area (Å²) >= 11 is 0. The van der Waals surface area contributed by atoms with Gasteiger partial charge in [0.1, 0.15) is 11.6 Å². The lowest BCUT2D eigenvalue weighted by Gasteiger charge is -2.22. The third kappa shape index (κ3) is 3.94. The third-order valence-electron chi connectivity index (χ3n) is 5.18. The largest absolute Gasteiger partial charge is 0.337 e. The van der Waals surface area contributed by atoms with Crippen LogP contribution in [0.3, 0.4) is 0 Å². The van der Waals surface area contributed by atoms with E-state index in [0.717, 1.165) is 0 Å². The van der Waals surface area contributed by atoms with Gasteiger partial charge in [-0.1, -0.05) is 12.1 Å². The molecule has 0 saturated carbocycles. The average molecular weight is 410 g/mol. The smallest absolute Gasteiger partial charge is 0.257 e. The molecule has 154 valence electrons. The van der Waals surface area contributed by atoms with Crippen LogP contribution >= 0.6 is 0 Å². The molecular formula is C22H20F2N4O2. The SMILES string of the molecule is O=C(c1ccccc1F)N1CCCN(C(=O)c2cn[nH]c2-c2ccc(F)cc2)CC1. The van der Waals surface area contributed by atoms with E-state index < -0.39 is 5.82 Å². The highest BCUT2D eigenvalue weighted by Crippen LogP contribution is 2.23. The standard InChI is InChI=1S/C22H20F2N4O2/c23-16-8-6-15(7-9-16)20-18(14-25-26-20)22(30)28-11-3-10-27(12-13-28)21(29)17-4-1-2-5-19(17)24/h1-2,4-9,14H,3,10-13H2,(H,25,26). The number of hydrogen-bond donors (Lipinski definition) is 1. The minimum absolute atomic E-state index is 0.0331. The second-order valence-corrected chi connectivity index (χ2v) is 7.08. The molecule has 4 rings (SSSR count). The van der Waals surface area contributed by atoms with Crippen molar-refractivity contribution in [2.24, 2.45) is 0 Å². The van der Waals surface area contributed by atoms with Crippen molar-refractivity contribution in [3.63, 3.8) is 0 Å². The van der Waals surface area contributed by atoms with Crippen LogP contribution in [0.5, 0.6) is 0 Å². The van der Waals surface area contributed by atoms with Crippen LogP contribution in [0.15, 0.2) is 54.7 Å². The Morgan fingerprint density at radius 2 is 1.47 bits per heavy atom.